The van der Waals surface area contributed by atoms with E-state index in [9.17, 15) is 4.79 Å². The maximum Gasteiger partial charge on any atom is 0.228 e. The number of piperidine rings is 1. The number of fused-ring (bicyclic) bond motifs is 1. The van der Waals surface area contributed by atoms with E-state index in [0.717, 1.165) is 55.8 Å². The minimum Gasteiger partial charge on any atom is -0.485 e. The van der Waals surface area contributed by atoms with Crippen LogP contribution in [0.5, 0.6) is 5.75 Å². The number of pyridine rings is 1. The fourth-order valence-corrected chi connectivity index (χ4v) is 4.21. The van der Waals surface area contributed by atoms with Gasteiger partial charge in [-0.3, -0.25) is 9.78 Å². The van der Waals surface area contributed by atoms with Gasteiger partial charge in [0.1, 0.15) is 11.4 Å². The zero-order valence-electron chi connectivity index (χ0n) is 15.0. The molecule has 4 nitrogen and oxygen atoms in total. The van der Waals surface area contributed by atoms with Gasteiger partial charge in [0.2, 0.25) is 5.91 Å². The molecular formula is C21H23ClN2O2. The lowest BCUT2D eigenvalue weighted by molar-refractivity contribution is -0.134. The van der Waals surface area contributed by atoms with Crippen LogP contribution in [0.2, 0.25) is 5.02 Å². The van der Waals surface area contributed by atoms with Crippen molar-refractivity contribution in [3.8, 4) is 5.75 Å². The molecule has 4 rings (SSSR count). The molecule has 0 radical (unpaired) electrons. The van der Waals surface area contributed by atoms with E-state index in [1.165, 1.54) is 5.56 Å². The van der Waals surface area contributed by atoms with E-state index < -0.39 is 0 Å². The monoisotopic (exact) mass is 370 g/mol. The van der Waals surface area contributed by atoms with Crippen molar-refractivity contribution in [3.63, 3.8) is 0 Å². The molecule has 1 aromatic carbocycles. The molecule has 136 valence electrons. The number of carbonyl (C=O) groups excluding carboxylic acids is 1. The number of benzene rings is 1. The van der Waals surface area contributed by atoms with Gasteiger partial charge in [0, 0.05) is 37.8 Å². The number of carbonyl (C=O) groups is 1. The number of amides is 1. The van der Waals surface area contributed by atoms with Gasteiger partial charge in [0.05, 0.1) is 11.4 Å². The zero-order valence-corrected chi connectivity index (χ0v) is 15.8. The summed E-state index contributed by atoms with van der Waals surface area (Å²) in [5, 5.41) is 0.686. The lowest BCUT2D eigenvalue weighted by atomic mass is 9.83. The summed E-state index contributed by atoms with van der Waals surface area (Å²) in [6, 6.07) is 9.87. The minimum atomic E-state index is -0.184. The van der Waals surface area contributed by atoms with Crippen LogP contribution in [0.4, 0.5) is 0 Å². The number of rotatable bonds is 2. The fourth-order valence-electron chi connectivity index (χ4n) is 3.97. The molecule has 1 fully saturated rings. The highest BCUT2D eigenvalue weighted by Gasteiger charge is 2.40. The molecule has 2 aliphatic rings. The SMILES string of the molecule is Cc1ccnc(CC(=O)N2CCC3(CCc4cccc(Cl)c4O3)CC2)c1. The summed E-state index contributed by atoms with van der Waals surface area (Å²) < 4.78 is 6.37. The second kappa shape index (κ2) is 6.92. The Kier molecular flexibility index (Phi) is 4.62. The van der Waals surface area contributed by atoms with E-state index in [1.807, 2.05) is 36.1 Å². The zero-order chi connectivity index (χ0) is 18.1. The van der Waals surface area contributed by atoms with Gasteiger partial charge in [-0.25, -0.2) is 0 Å². The van der Waals surface area contributed by atoms with Crippen LogP contribution in [-0.2, 0) is 17.6 Å². The molecule has 2 aromatic rings. The van der Waals surface area contributed by atoms with Crippen LogP contribution in [0.25, 0.3) is 0 Å². The summed E-state index contributed by atoms with van der Waals surface area (Å²) in [7, 11) is 0. The predicted molar refractivity (Wildman–Crippen MR) is 102 cm³/mol. The normalized spacial score (nSPS) is 18.3. The van der Waals surface area contributed by atoms with Crippen LogP contribution in [0.3, 0.4) is 0 Å². The summed E-state index contributed by atoms with van der Waals surface area (Å²) in [6.07, 6.45) is 5.80. The first-order valence-corrected chi connectivity index (χ1v) is 9.58. The Hall–Kier alpha value is -2.07. The smallest absolute Gasteiger partial charge is 0.228 e. The van der Waals surface area contributed by atoms with Gasteiger partial charge < -0.3 is 9.64 Å². The topological polar surface area (TPSA) is 42.4 Å². The molecule has 3 heterocycles. The van der Waals surface area contributed by atoms with Crippen molar-refractivity contribution in [1.29, 1.82) is 0 Å². The van der Waals surface area contributed by atoms with E-state index in [-0.39, 0.29) is 11.5 Å². The number of hydrogen-bond acceptors (Lipinski definition) is 3. The molecule has 1 spiro atoms. The van der Waals surface area contributed by atoms with Crippen molar-refractivity contribution < 1.29 is 9.53 Å². The predicted octanol–water partition coefficient (Wildman–Crippen LogP) is 3.97. The van der Waals surface area contributed by atoms with E-state index in [1.54, 1.807) is 6.20 Å². The van der Waals surface area contributed by atoms with Crippen LogP contribution in [0.15, 0.2) is 36.5 Å². The van der Waals surface area contributed by atoms with E-state index in [0.29, 0.717) is 11.4 Å². The molecule has 0 atom stereocenters. The van der Waals surface area contributed by atoms with Crippen molar-refractivity contribution in [2.24, 2.45) is 0 Å². The van der Waals surface area contributed by atoms with Gasteiger partial charge >= 0.3 is 0 Å². The standard InChI is InChI=1S/C21H23ClN2O2/c1-15-6-10-23-17(13-15)14-19(25)24-11-8-21(9-12-24)7-5-16-3-2-4-18(22)20(16)26-21/h2-4,6,10,13H,5,7-9,11-12,14H2,1H3. The first kappa shape index (κ1) is 17.3. The third kappa shape index (κ3) is 3.43. The lowest BCUT2D eigenvalue weighted by Crippen LogP contribution is -2.51. The fraction of sp³-hybridized carbons (Fsp3) is 0.429. The molecule has 0 unspecified atom stereocenters. The number of para-hydroxylation sites is 1. The quantitative estimate of drug-likeness (QED) is 0.803. The molecule has 0 bridgehead atoms. The van der Waals surface area contributed by atoms with Gasteiger partial charge in [-0.05, 0) is 49.1 Å². The molecule has 0 aliphatic carbocycles. The molecule has 0 saturated carbocycles. The Morgan fingerprint density at radius 1 is 1.27 bits per heavy atom. The first-order chi connectivity index (χ1) is 12.5. The number of ether oxygens (including phenoxy) is 1. The maximum atomic E-state index is 12.6. The van der Waals surface area contributed by atoms with E-state index >= 15 is 0 Å². The Balaban J connectivity index is 1.40. The van der Waals surface area contributed by atoms with Crippen LogP contribution >= 0.6 is 11.6 Å². The van der Waals surface area contributed by atoms with Crippen molar-refractivity contribution in [1.82, 2.24) is 9.88 Å². The number of hydrogen-bond donors (Lipinski definition) is 0. The summed E-state index contributed by atoms with van der Waals surface area (Å²) in [4.78, 5) is 18.9. The molecule has 1 aromatic heterocycles. The Morgan fingerprint density at radius 3 is 2.85 bits per heavy atom. The first-order valence-electron chi connectivity index (χ1n) is 9.20. The molecule has 26 heavy (non-hydrogen) atoms. The van der Waals surface area contributed by atoms with Crippen molar-refractivity contribution in [2.45, 2.75) is 44.6 Å². The van der Waals surface area contributed by atoms with Gasteiger partial charge in [-0.1, -0.05) is 23.7 Å². The summed E-state index contributed by atoms with van der Waals surface area (Å²) in [6.45, 7) is 3.47. The van der Waals surface area contributed by atoms with Crippen molar-refractivity contribution in [3.05, 3.63) is 58.4 Å². The van der Waals surface area contributed by atoms with Gasteiger partial charge in [-0.15, -0.1) is 0 Å². The highest BCUT2D eigenvalue weighted by atomic mass is 35.5. The highest BCUT2D eigenvalue weighted by Crippen LogP contribution is 2.42. The second-order valence-electron chi connectivity index (χ2n) is 7.40. The largest absolute Gasteiger partial charge is 0.485 e. The lowest BCUT2D eigenvalue weighted by Gasteiger charge is -2.44. The van der Waals surface area contributed by atoms with Gasteiger partial charge in [0.25, 0.3) is 0 Å². The number of halogens is 1. The van der Waals surface area contributed by atoms with Crippen LogP contribution < -0.4 is 4.74 Å². The van der Waals surface area contributed by atoms with Gasteiger partial charge in [0.15, 0.2) is 0 Å². The molecule has 1 amide bonds. The summed E-state index contributed by atoms with van der Waals surface area (Å²) in [5.41, 5.74) is 2.97. The maximum absolute atomic E-state index is 12.6. The summed E-state index contributed by atoms with van der Waals surface area (Å²) in [5.74, 6) is 0.983. The third-order valence-electron chi connectivity index (χ3n) is 5.55. The average Bonchev–Trinajstić information content (AvgIpc) is 2.63. The molecule has 1 saturated heterocycles. The van der Waals surface area contributed by atoms with Crippen LogP contribution in [0, 0.1) is 6.92 Å². The Morgan fingerprint density at radius 2 is 2.08 bits per heavy atom. The average molecular weight is 371 g/mol. The number of nitrogens with zero attached hydrogens (tertiary/aromatic N) is 2. The van der Waals surface area contributed by atoms with Gasteiger partial charge in [-0.2, -0.15) is 0 Å². The number of likely N-dealkylation sites (tertiary alicyclic amines) is 1. The summed E-state index contributed by atoms with van der Waals surface area (Å²) >= 11 is 6.33. The Bertz CT molecular complexity index is 829. The van der Waals surface area contributed by atoms with E-state index in [2.05, 4.69) is 11.1 Å². The molecule has 0 N–H and O–H groups in total. The molecule has 2 aliphatic heterocycles. The second-order valence-corrected chi connectivity index (χ2v) is 7.80. The molecular weight excluding hydrogens is 348 g/mol. The van der Waals surface area contributed by atoms with Crippen molar-refractivity contribution in [2.75, 3.05) is 13.1 Å². The third-order valence-corrected chi connectivity index (χ3v) is 5.85. The van der Waals surface area contributed by atoms with E-state index in [4.69, 9.17) is 16.3 Å². The van der Waals surface area contributed by atoms with Crippen LogP contribution in [-0.4, -0.2) is 34.5 Å². The van der Waals surface area contributed by atoms with Crippen molar-refractivity contribution >= 4 is 17.5 Å². The van der Waals surface area contributed by atoms with Crippen LogP contribution in [0.1, 0.15) is 36.1 Å². The number of aryl methyl sites for hydroxylation is 2. The Labute approximate surface area is 159 Å². The number of aromatic nitrogens is 1. The minimum absolute atomic E-state index is 0.146. The highest BCUT2D eigenvalue weighted by molar-refractivity contribution is 6.32. The molecule has 5 heteroatoms.